The number of benzene rings is 1. The highest BCUT2D eigenvalue weighted by Gasteiger charge is 2.36. The van der Waals surface area contributed by atoms with Crippen LogP contribution in [0.25, 0.3) is 0 Å². The lowest BCUT2D eigenvalue weighted by Gasteiger charge is -2.35. The van der Waals surface area contributed by atoms with Crippen molar-refractivity contribution in [1.82, 2.24) is 9.88 Å². The first kappa shape index (κ1) is 16.7. The zero-order valence-electron chi connectivity index (χ0n) is 14.1. The first-order chi connectivity index (χ1) is 11.8. The SMILES string of the molecule is CCCO[C@@H](c1ccncc1)C(c1ccccc1)N1CCCC1=O. The average Bonchev–Trinajstić information content (AvgIpc) is 3.05. The maximum Gasteiger partial charge on any atom is 0.223 e. The lowest BCUT2D eigenvalue weighted by atomic mass is 9.94. The molecule has 1 aliphatic heterocycles. The second-order valence-corrected chi connectivity index (χ2v) is 6.12. The van der Waals surface area contributed by atoms with E-state index < -0.39 is 0 Å². The maximum atomic E-state index is 12.5. The molecule has 24 heavy (non-hydrogen) atoms. The van der Waals surface area contributed by atoms with Crippen LogP contribution < -0.4 is 0 Å². The third-order valence-electron chi connectivity index (χ3n) is 4.41. The molecule has 1 aromatic carbocycles. The van der Waals surface area contributed by atoms with Gasteiger partial charge in [-0.1, -0.05) is 37.3 Å². The highest BCUT2D eigenvalue weighted by Crippen LogP contribution is 2.39. The van der Waals surface area contributed by atoms with E-state index in [0.717, 1.165) is 30.5 Å². The molecule has 0 saturated carbocycles. The average molecular weight is 324 g/mol. The summed E-state index contributed by atoms with van der Waals surface area (Å²) in [5, 5.41) is 0. The quantitative estimate of drug-likeness (QED) is 0.775. The number of ether oxygens (including phenoxy) is 1. The smallest absolute Gasteiger partial charge is 0.223 e. The van der Waals surface area contributed by atoms with Crippen LogP contribution in [0.2, 0.25) is 0 Å². The van der Waals surface area contributed by atoms with Gasteiger partial charge in [0.2, 0.25) is 5.91 Å². The van der Waals surface area contributed by atoms with Gasteiger partial charge in [0.25, 0.3) is 0 Å². The first-order valence-electron chi connectivity index (χ1n) is 8.67. The fourth-order valence-electron chi connectivity index (χ4n) is 3.30. The van der Waals surface area contributed by atoms with Gasteiger partial charge in [-0.25, -0.2) is 0 Å². The fraction of sp³-hybridized carbons (Fsp3) is 0.400. The normalized spacial score (nSPS) is 17.0. The zero-order chi connectivity index (χ0) is 16.8. The van der Waals surface area contributed by atoms with Crippen LogP contribution in [-0.4, -0.2) is 28.9 Å². The second kappa shape index (κ2) is 8.06. The van der Waals surface area contributed by atoms with Crippen molar-refractivity contribution in [1.29, 1.82) is 0 Å². The number of hydrogen-bond donors (Lipinski definition) is 0. The van der Waals surface area contributed by atoms with Crippen molar-refractivity contribution >= 4 is 5.91 Å². The summed E-state index contributed by atoms with van der Waals surface area (Å²) in [5.74, 6) is 0.211. The van der Waals surface area contributed by atoms with Crippen molar-refractivity contribution in [3.05, 3.63) is 66.0 Å². The molecule has 2 heterocycles. The lowest BCUT2D eigenvalue weighted by molar-refractivity contribution is -0.133. The molecule has 1 fully saturated rings. The van der Waals surface area contributed by atoms with E-state index in [1.165, 1.54) is 0 Å². The zero-order valence-corrected chi connectivity index (χ0v) is 14.1. The van der Waals surface area contributed by atoms with Crippen LogP contribution >= 0.6 is 0 Å². The van der Waals surface area contributed by atoms with Gasteiger partial charge in [-0.05, 0) is 36.1 Å². The molecule has 0 bridgehead atoms. The number of rotatable bonds is 7. The summed E-state index contributed by atoms with van der Waals surface area (Å²) in [5.41, 5.74) is 2.18. The van der Waals surface area contributed by atoms with Gasteiger partial charge in [0.05, 0.1) is 6.04 Å². The molecule has 2 aromatic rings. The Labute approximate surface area is 143 Å². The first-order valence-corrected chi connectivity index (χ1v) is 8.67. The van der Waals surface area contributed by atoms with E-state index in [4.69, 9.17) is 4.74 Å². The van der Waals surface area contributed by atoms with Crippen LogP contribution in [0.15, 0.2) is 54.9 Å². The topological polar surface area (TPSA) is 42.4 Å². The van der Waals surface area contributed by atoms with E-state index in [9.17, 15) is 4.79 Å². The van der Waals surface area contributed by atoms with Gasteiger partial charge >= 0.3 is 0 Å². The van der Waals surface area contributed by atoms with Crippen molar-refractivity contribution in [2.24, 2.45) is 0 Å². The summed E-state index contributed by atoms with van der Waals surface area (Å²) in [4.78, 5) is 18.6. The van der Waals surface area contributed by atoms with Crippen molar-refractivity contribution in [3.8, 4) is 0 Å². The molecule has 1 aromatic heterocycles. The minimum Gasteiger partial charge on any atom is -0.371 e. The molecule has 1 aliphatic rings. The van der Waals surface area contributed by atoms with E-state index in [1.54, 1.807) is 12.4 Å². The van der Waals surface area contributed by atoms with E-state index in [1.807, 2.05) is 35.2 Å². The summed E-state index contributed by atoms with van der Waals surface area (Å²) < 4.78 is 6.23. The molecule has 4 heteroatoms. The summed E-state index contributed by atoms with van der Waals surface area (Å²) in [7, 11) is 0. The van der Waals surface area contributed by atoms with Crippen LogP contribution in [0.3, 0.4) is 0 Å². The van der Waals surface area contributed by atoms with Gasteiger partial charge in [0.15, 0.2) is 0 Å². The minimum atomic E-state index is -0.183. The molecule has 0 aliphatic carbocycles. The number of amides is 1. The van der Waals surface area contributed by atoms with E-state index >= 15 is 0 Å². The second-order valence-electron chi connectivity index (χ2n) is 6.12. The Morgan fingerprint density at radius 1 is 1.12 bits per heavy atom. The number of pyridine rings is 1. The predicted octanol–water partition coefficient (Wildman–Crippen LogP) is 3.91. The molecule has 2 atom stereocenters. The number of aromatic nitrogens is 1. The molecule has 126 valence electrons. The minimum absolute atomic E-state index is 0.102. The molecule has 4 nitrogen and oxygen atoms in total. The van der Waals surface area contributed by atoms with Crippen LogP contribution in [0.4, 0.5) is 0 Å². The standard InChI is InChI=1S/C20H24N2O2/c1-2-15-24-20(17-10-12-21-13-11-17)19(16-7-4-3-5-8-16)22-14-6-9-18(22)23/h3-5,7-8,10-13,19-20H,2,6,9,14-15H2,1H3/t19?,20-/m0/s1. The van der Waals surface area contributed by atoms with Crippen molar-refractivity contribution in [2.45, 2.75) is 38.3 Å². The molecular formula is C20H24N2O2. The van der Waals surface area contributed by atoms with Crippen LogP contribution in [0.1, 0.15) is 49.5 Å². The predicted molar refractivity (Wildman–Crippen MR) is 93.4 cm³/mol. The van der Waals surface area contributed by atoms with Crippen molar-refractivity contribution < 1.29 is 9.53 Å². The van der Waals surface area contributed by atoms with Crippen molar-refractivity contribution in [3.63, 3.8) is 0 Å². The molecule has 3 rings (SSSR count). The monoisotopic (exact) mass is 324 g/mol. The van der Waals surface area contributed by atoms with Gasteiger partial charge in [0, 0.05) is 32.0 Å². The Morgan fingerprint density at radius 2 is 1.88 bits per heavy atom. The van der Waals surface area contributed by atoms with Gasteiger partial charge in [-0.15, -0.1) is 0 Å². The fourth-order valence-corrected chi connectivity index (χ4v) is 3.30. The van der Waals surface area contributed by atoms with Gasteiger partial charge in [-0.3, -0.25) is 9.78 Å². The molecule has 1 amide bonds. The lowest BCUT2D eigenvalue weighted by Crippen LogP contribution is -2.35. The number of carbonyl (C=O) groups is 1. The Morgan fingerprint density at radius 3 is 2.50 bits per heavy atom. The number of carbonyl (C=O) groups excluding carboxylic acids is 1. The van der Waals surface area contributed by atoms with Gasteiger partial charge in [0.1, 0.15) is 6.10 Å². The Balaban J connectivity index is 2.01. The highest BCUT2D eigenvalue weighted by atomic mass is 16.5. The van der Waals surface area contributed by atoms with Crippen LogP contribution in [0.5, 0.6) is 0 Å². The number of nitrogens with zero attached hydrogens (tertiary/aromatic N) is 2. The highest BCUT2D eigenvalue weighted by molar-refractivity contribution is 5.78. The summed E-state index contributed by atoms with van der Waals surface area (Å²) in [6, 6.07) is 14.1. The third kappa shape index (κ3) is 3.65. The number of hydrogen-bond acceptors (Lipinski definition) is 3. The van der Waals surface area contributed by atoms with E-state index in [-0.39, 0.29) is 18.1 Å². The van der Waals surface area contributed by atoms with Gasteiger partial charge < -0.3 is 9.64 Å². The summed E-state index contributed by atoms with van der Waals surface area (Å²) >= 11 is 0. The maximum absolute atomic E-state index is 12.5. The molecule has 0 N–H and O–H groups in total. The third-order valence-corrected chi connectivity index (χ3v) is 4.41. The Kier molecular flexibility index (Phi) is 5.59. The Bertz CT molecular complexity index is 645. The van der Waals surface area contributed by atoms with Crippen molar-refractivity contribution in [2.75, 3.05) is 13.2 Å². The largest absolute Gasteiger partial charge is 0.371 e. The molecule has 1 saturated heterocycles. The van der Waals surface area contributed by atoms with Crippen LogP contribution in [-0.2, 0) is 9.53 Å². The molecule has 0 radical (unpaired) electrons. The Hall–Kier alpha value is -2.20. The number of likely N-dealkylation sites (tertiary alicyclic amines) is 1. The summed E-state index contributed by atoms with van der Waals surface area (Å²) in [6.45, 7) is 3.55. The molecule has 0 spiro atoms. The molecular weight excluding hydrogens is 300 g/mol. The molecule has 1 unspecified atom stereocenters. The van der Waals surface area contributed by atoms with Gasteiger partial charge in [-0.2, -0.15) is 0 Å². The van der Waals surface area contributed by atoms with Crippen LogP contribution in [0, 0.1) is 0 Å². The van der Waals surface area contributed by atoms with E-state index in [2.05, 4.69) is 24.0 Å². The van der Waals surface area contributed by atoms with E-state index in [0.29, 0.717) is 13.0 Å². The summed E-state index contributed by atoms with van der Waals surface area (Å²) in [6.07, 6.45) is 5.87.